The maximum atomic E-state index is 5.62. The van der Waals surface area contributed by atoms with Gasteiger partial charge >= 0.3 is 68.0 Å². The molecule has 0 amide bonds. The SMILES string of the molecule is Clc1ccc2n[se]nc2n1. The molecule has 3 nitrogen and oxygen atoms in total. The Bertz CT molecular complexity index is 358. The van der Waals surface area contributed by atoms with Gasteiger partial charge in [-0.25, -0.2) is 0 Å². The summed E-state index contributed by atoms with van der Waals surface area (Å²) in [6, 6.07) is 3.56. The topological polar surface area (TPSA) is 38.7 Å². The summed E-state index contributed by atoms with van der Waals surface area (Å²) in [5, 5.41) is 0.482. The van der Waals surface area contributed by atoms with Crippen molar-refractivity contribution in [1.29, 1.82) is 0 Å². The number of aromatic nitrogens is 3. The van der Waals surface area contributed by atoms with Crippen molar-refractivity contribution in [2.24, 2.45) is 0 Å². The number of hydrogen-bond acceptors (Lipinski definition) is 3. The molecule has 0 aliphatic carbocycles. The predicted octanol–water partition coefficient (Wildman–Crippen LogP) is 0.735. The number of hydrogen-bond donors (Lipinski definition) is 0. The molecule has 0 saturated heterocycles. The Morgan fingerprint density at radius 2 is 2.20 bits per heavy atom. The number of fused-ring (bicyclic) bond motifs is 1. The first-order chi connectivity index (χ1) is 4.86. The van der Waals surface area contributed by atoms with Crippen molar-refractivity contribution < 1.29 is 0 Å². The molecule has 0 aliphatic heterocycles. The van der Waals surface area contributed by atoms with Gasteiger partial charge in [-0.2, -0.15) is 0 Å². The van der Waals surface area contributed by atoms with Gasteiger partial charge in [0.25, 0.3) is 0 Å². The molecule has 0 fully saturated rings. The number of pyridine rings is 1. The molecule has 2 rings (SSSR count). The van der Waals surface area contributed by atoms with Crippen LogP contribution in [0.2, 0.25) is 5.15 Å². The number of halogens is 1. The molecule has 50 valence electrons. The zero-order chi connectivity index (χ0) is 6.97. The van der Waals surface area contributed by atoms with Crippen molar-refractivity contribution in [2.75, 3.05) is 0 Å². The molecule has 0 saturated carbocycles. The third-order valence-electron chi connectivity index (χ3n) is 1.09. The molecule has 2 aromatic heterocycles. The normalized spacial score (nSPS) is 10.5. The van der Waals surface area contributed by atoms with Gasteiger partial charge in [0.05, 0.1) is 0 Å². The summed E-state index contributed by atoms with van der Waals surface area (Å²) in [4.78, 5) is 3.97. The van der Waals surface area contributed by atoms with Crippen molar-refractivity contribution >= 4 is 37.7 Å². The molecule has 0 spiro atoms. The van der Waals surface area contributed by atoms with Crippen LogP contribution in [0.15, 0.2) is 12.1 Å². The standard InChI is InChI=1S/C5H2ClN3Se/c6-4-2-1-3-5(7-4)9-10-8-3/h1-2H. The summed E-state index contributed by atoms with van der Waals surface area (Å²) in [7, 11) is 0. The van der Waals surface area contributed by atoms with Gasteiger partial charge in [-0.1, -0.05) is 0 Å². The molecule has 2 aromatic rings. The number of nitrogens with zero attached hydrogens (tertiary/aromatic N) is 3. The van der Waals surface area contributed by atoms with E-state index in [0.29, 0.717) is 10.8 Å². The summed E-state index contributed by atoms with van der Waals surface area (Å²) in [6.45, 7) is 0. The third-order valence-corrected chi connectivity index (χ3v) is 2.42. The van der Waals surface area contributed by atoms with Crippen LogP contribution >= 0.6 is 11.6 Å². The van der Waals surface area contributed by atoms with E-state index in [1.54, 1.807) is 6.07 Å². The van der Waals surface area contributed by atoms with Gasteiger partial charge in [-0.05, 0) is 0 Å². The molecule has 0 aliphatic rings. The fourth-order valence-corrected chi connectivity index (χ4v) is 1.82. The van der Waals surface area contributed by atoms with Gasteiger partial charge in [0.1, 0.15) is 0 Å². The van der Waals surface area contributed by atoms with E-state index in [9.17, 15) is 0 Å². The van der Waals surface area contributed by atoms with Crippen LogP contribution in [0.3, 0.4) is 0 Å². The number of rotatable bonds is 0. The Hall–Kier alpha value is -0.441. The minimum absolute atomic E-state index is 0.0000154. The minimum atomic E-state index is 0.0000154. The van der Waals surface area contributed by atoms with Crippen molar-refractivity contribution in [3.8, 4) is 0 Å². The summed E-state index contributed by atoms with van der Waals surface area (Å²) < 4.78 is 8.18. The zero-order valence-electron chi connectivity index (χ0n) is 4.78. The van der Waals surface area contributed by atoms with Gasteiger partial charge in [0.15, 0.2) is 0 Å². The van der Waals surface area contributed by atoms with Gasteiger partial charge in [-0.15, -0.1) is 0 Å². The van der Waals surface area contributed by atoms with Gasteiger partial charge in [0, 0.05) is 0 Å². The van der Waals surface area contributed by atoms with E-state index >= 15 is 0 Å². The molecular formula is C5H2ClN3Se. The third kappa shape index (κ3) is 0.944. The van der Waals surface area contributed by atoms with Gasteiger partial charge < -0.3 is 0 Å². The Kier molecular flexibility index (Phi) is 1.45. The van der Waals surface area contributed by atoms with E-state index in [2.05, 4.69) is 12.9 Å². The summed E-state index contributed by atoms with van der Waals surface area (Å²) in [5.74, 6) is 0. The van der Waals surface area contributed by atoms with E-state index < -0.39 is 0 Å². The second-order valence-electron chi connectivity index (χ2n) is 1.74. The Labute approximate surface area is 68.3 Å². The summed E-state index contributed by atoms with van der Waals surface area (Å²) in [6.07, 6.45) is 0. The van der Waals surface area contributed by atoms with Crippen molar-refractivity contribution in [3.05, 3.63) is 17.3 Å². The van der Waals surface area contributed by atoms with Gasteiger partial charge in [0.2, 0.25) is 0 Å². The average Bonchev–Trinajstić information content (AvgIpc) is 2.33. The molecular weight excluding hydrogens is 216 g/mol. The van der Waals surface area contributed by atoms with Crippen LogP contribution in [-0.4, -0.2) is 27.9 Å². The molecule has 10 heavy (non-hydrogen) atoms. The van der Waals surface area contributed by atoms with Crippen LogP contribution in [-0.2, 0) is 0 Å². The van der Waals surface area contributed by atoms with Crippen LogP contribution in [0.25, 0.3) is 11.2 Å². The monoisotopic (exact) mass is 219 g/mol. The Morgan fingerprint density at radius 3 is 3.10 bits per heavy atom. The van der Waals surface area contributed by atoms with Crippen LogP contribution in [0.1, 0.15) is 0 Å². The predicted molar refractivity (Wildman–Crippen MR) is 39.3 cm³/mol. The Balaban J connectivity index is 2.86. The molecule has 0 unspecified atom stereocenters. The quantitative estimate of drug-likeness (QED) is 0.483. The van der Waals surface area contributed by atoms with E-state index in [1.807, 2.05) is 6.07 Å². The molecule has 0 aromatic carbocycles. The second kappa shape index (κ2) is 2.31. The fraction of sp³-hybridized carbons (Fsp3) is 0. The molecule has 0 bridgehead atoms. The first-order valence-corrected chi connectivity index (χ1v) is 4.52. The maximum absolute atomic E-state index is 5.62. The van der Waals surface area contributed by atoms with Crippen LogP contribution in [0, 0.1) is 0 Å². The van der Waals surface area contributed by atoms with E-state index in [-0.39, 0.29) is 15.0 Å². The Morgan fingerprint density at radius 1 is 1.30 bits per heavy atom. The second-order valence-corrected chi connectivity index (χ2v) is 3.24. The first kappa shape index (κ1) is 6.28. The molecule has 5 heteroatoms. The van der Waals surface area contributed by atoms with Crippen molar-refractivity contribution in [2.45, 2.75) is 0 Å². The molecule has 0 radical (unpaired) electrons. The fourth-order valence-electron chi connectivity index (χ4n) is 0.659. The summed E-state index contributed by atoms with van der Waals surface area (Å²) in [5.41, 5.74) is 1.55. The van der Waals surface area contributed by atoms with Crippen LogP contribution in [0.5, 0.6) is 0 Å². The van der Waals surface area contributed by atoms with Gasteiger partial charge in [-0.3, -0.25) is 0 Å². The van der Waals surface area contributed by atoms with Crippen molar-refractivity contribution in [1.82, 2.24) is 12.9 Å². The molecule has 0 N–H and O–H groups in total. The van der Waals surface area contributed by atoms with Crippen molar-refractivity contribution in [3.63, 3.8) is 0 Å². The zero-order valence-corrected chi connectivity index (χ0v) is 7.25. The molecule has 0 atom stereocenters. The van der Waals surface area contributed by atoms with E-state index in [4.69, 9.17) is 11.6 Å². The van der Waals surface area contributed by atoms with E-state index in [1.165, 1.54) is 0 Å². The van der Waals surface area contributed by atoms with Crippen LogP contribution in [0.4, 0.5) is 0 Å². The molecule has 2 heterocycles. The summed E-state index contributed by atoms with van der Waals surface area (Å²) >= 11 is 5.62. The average molecular weight is 219 g/mol. The van der Waals surface area contributed by atoms with E-state index in [0.717, 1.165) is 5.52 Å². The van der Waals surface area contributed by atoms with Crippen LogP contribution < -0.4 is 0 Å². The first-order valence-electron chi connectivity index (χ1n) is 2.61.